The second-order valence-corrected chi connectivity index (χ2v) is 3.03. The number of hydrogen-bond donors (Lipinski definition) is 3. The summed E-state index contributed by atoms with van der Waals surface area (Å²) >= 11 is 0. The summed E-state index contributed by atoms with van der Waals surface area (Å²) in [5.74, 6) is -1.17. The first-order chi connectivity index (χ1) is 6.91. The Balaban J connectivity index is 2.80. The molecule has 0 aromatic carbocycles. The molecule has 1 aliphatic rings. The number of nitrogens with two attached hydrogens (primary N) is 3. The lowest BCUT2D eigenvalue weighted by Gasteiger charge is -2.04. The standard InChI is InChI=1S/C7H12N6O2/c1-13-4(14)2-3(5(13)15)11-7(10)12-6(8)9/h3H,2H2,1H3,(H6,8,9,10,11,12). The number of rotatable bonds is 1. The zero-order chi connectivity index (χ0) is 11.6. The third-order valence-electron chi connectivity index (χ3n) is 1.89. The smallest absolute Gasteiger partial charge is 0.254 e. The molecule has 0 bridgehead atoms. The highest BCUT2D eigenvalue weighted by Gasteiger charge is 2.35. The van der Waals surface area contributed by atoms with E-state index >= 15 is 0 Å². The fraction of sp³-hybridized carbons (Fsp3) is 0.429. The molecule has 1 fully saturated rings. The number of nitrogens with zero attached hydrogens (tertiary/aromatic N) is 3. The Morgan fingerprint density at radius 3 is 2.40 bits per heavy atom. The molecule has 1 aliphatic heterocycles. The first-order valence-electron chi connectivity index (χ1n) is 4.15. The normalized spacial score (nSPS) is 22.1. The van der Waals surface area contributed by atoms with Crippen molar-refractivity contribution in [2.45, 2.75) is 12.5 Å². The molecule has 0 radical (unpaired) electrons. The van der Waals surface area contributed by atoms with Crippen LogP contribution in [0.3, 0.4) is 0 Å². The molecule has 0 saturated carbocycles. The maximum absolute atomic E-state index is 11.4. The minimum Gasteiger partial charge on any atom is -0.370 e. The Hall–Kier alpha value is -2.12. The molecule has 15 heavy (non-hydrogen) atoms. The van der Waals surface area contributed by atoms with Gasteiger partial charge in [-0.25, -0.2) is 4.99 Å². The summed E-state index contributed by atoms with van der Waals surface area (Å²) in [5, 5.41) is 0. The highest BCUT2D eigenvalue weighted by molar-refractivity contribution is 6.06. The van der Waals surface area contributed by atoms with Gasteiger partial charge in [0.1, 0.15) is 6.04 Å². The second-order valence-electron chi connectivity index (χ2n) is 3.03. The van der Waals surface area contributed by atoms with Crippen LogP contribution in [0.2, 0.25) is 0 Å². The van der Waals surface area contributed by atoms with Gasteiger partial charge in [0.15, 0.2) is 5.96 Å². The molecule has 0 aliphatic carbocycles. The number of carbonyl (C=O) groups is 2. The first-order valence-corrected chi connectivity index (χ1v) is 4.15. The number of aliphatic imine (C=N–C) groups is 2. The van der Waals surface area contributed by atoms with E-state index in [4.69, 9.17) is 17.2 Å². The summed E-state index contributed by atoms with van der Waals surface area (Å²) < 4.78 is 0. The van der Waals surface area contributed by atoms with Crippen LogP contribution in [-0.2, 0) is 9.59 Å². The number of amides is 2. The van der Waals surface area contributed by atoms with Crippen LogP contribution in [0.4, 0.5) is 0 Å². The average Bonchev–Trinajstić information content (AvgIpc) is 2.32. The molecule has 1 unspecified atom stereocenters. The van der Waals surface area contributed by atoms with Gasteiger partial charge >= 0.3 is 0 Å². The van der Waals surface area contributed by atoms with Crippen LogP contribution in [0, 0.1) is 0 Å². The van der Waals surface area contributed by atoms with Crippen LogP contribution in [0.15, 0.2) is 9.98 Å². The highest BCUT2D eigenvalue weighted by Crippen LogP contribution is 2.13. The molecule has 8 nitrogen and oxygen atoms in total. The summed E-state index contributed by atoms with van der Waals surface area (Å²) in [5.41, 5.74) is 15.5. The second kappa shape index (κ2) is 3.95. The lowest BCUT2D eigenvalue weighted by Crippen LogP contribution is -2.29. The predicted octanol–water partition coefficient (Wildman–Crippen LogP) is -2.67. The van der Waals surface area contributed by atoms with Gasteiger partial charge in [-0.1, -0.05) is 0 Å². The predicted molar refractivity (Wildman–Crippen MR) is 53.6 cm³/mol. The van der Waals surface area contributed by atoms with Gasteiger partial charge in [0.25, 0.3) is 5.91 Å². The number of hydrogen-bond acceptors (Lipinski definition) is 3. The van der Waals surface area contributed by atoms with Gasteiger partial charge in [-0.15, -0.1) is 0 Å². The van der Waals surface area contributed by atoms with Crippen LogP contribution in [0.1, 0.15) is 6.42 Å². The zero-order valence-electron chi connectivity index (χ0n) is 8.17. The quantitative estimate of drug-likeness (QED) is 0.247. The molecule has 1 rings (SSSR count). The number of likely N-dealkylation sites (N-methyl/N-ethyl adjacent to an activating group) is 1. The maximum atomic E-state index is 11.4. The molecule has 82 valence electrons. The van der Waals surface area contributed by atoms with Crippen molar-refractivity contribution in [2.75, 3.05) is 7.05 Å². The average molecular weight is 212 g/mol. The van der Waals surface area contributed by atoms with Gasteiger partial charge in [0, 0.05) is 7.05 Å². The van der Waals surface area contributed by atoms with Crippen molar-refractivity contribution in [3.8, 4) is 0 Å². The minimum absolute atomic E-state index is 0.00394. The Morgan fingerprint density at radius 1 is 1.40 bits per heavy atom. The Labute approximate surface area is 85.8 Å². The number of imide groups is 1. The molecule has 1 heterocycles. The van der Waals surface area contributed by atoms with E-state index in [9.17, 15) is 9.59 Å². The van der Waals surface area contributed by atoms with E-state index in [1.165, 1.54) is 7.05 Å². The van der Waals surface area contributed by atoms with Crippen molar-refractivity contribution in [1.29, 1.82) is 0 Å². The Bertz CT molecular complexity index is 356. The first kappa shape index (κ1) is 11.0. The highest BCUT2D eigenvalue weighted by atomic mass is 16.2. The zero-order valence-corrected chi connectivity index (χ0v) is 8.17. The Kier molecular flexibility index (Phi) is 2.88. The van der Waals surface area contributed by atoms with Gasteiger partial charge in [-0.05, 0) is 0 Å². The molecule has 6 N–H and O–H groups in total. The van der Waals surface area contributed by atoms with E-state index in [0.29, 0.717) is 0 Å². The van der Waals surface area contributed by atoms with Crippen LogP contribution in [0.25, 0.3) is 0 Å². The van der Waals surface area contributed by atoms with Crippen molar-refractivity contribution in [3.05, 3.63) is 0 Å². The van der Waals surface area contributed by atoms with Gasteiger partial charge in [0.2, 0.25) is 11.9 Å². The molecular weight excluding hydrogens is 200 g/mol. The van der Waals surface area contributed by atoms with Gasteiger partial charge in [-0.3, -0.25) is 14.5 Å². The van der Waals surface area contributed by atoms with Gasteiger partial charge in [-0.2, -0.15) is 4.99 Å². The van der Waals surface area contributed by atoms with Crippen LogP contribution in [0.5, 0.6) is 0 Å². The largest absolute Gasteiger partial charge is 0.370 e. The summed E-state index contributed by atoms with van der Waals surface area (Å²) in [6.45, 7) is 0. The lowest BCUT2D eigenvalue weighted by atomic mass is 10.3. The number of likely N-dealkylation sites (tertiary alicyclic amines) is 1. The third-order valence-corrected chi connectivity index (χ3v) is 1.89. The van der Waals surface area contributed by atoms with Crippen molar-refractivity contribution in [1.82, 2.24) is 4.90 Å². The summed E-state index contributed by atoms with van der Waals surface area (Å²) in [4.78, 5) is 30.7. The molecule has 1 atom stereocenters. The fourth-order valence-electron chi connectivity index (χ4n) is 1.16. The summed E-state index contributed by atoms with van der Waals surface area (Å²) in [7, 11) is 1.39. The summed E-state index contributed by atoms with van der Waals surface area (Å²) in [6, 6.07) is -0.814. The SMILES string of the molecule is CN1C(=O)CC(N=C(N)N=C(N)N)C1=O. The Morgan fingerprint density at radius 2 is 2.00 bits per heavy atom. The van der Waals surface area contributed by atoms with Gasteiger partial charge in [0.05, 0.1) is 6.42 Å². The van der Waals surface area contributed by atoms with E-state index in [1.807, 2.05) is 0 Å². The molecular formula is C7H12N6O2. The van der Waals surface area contributed by atoms with Crippen molar-refractivity contribution < 1.29 is 9.59 Å². The van der Waals surface area contributed by atoms with Crippen LogP contribution in [-0.4, -0.2) is 41.7 Å². The van der Waals surface area contributed by atoms with Gasteiger partial charge < -0.3 is 17.2 Å². The third kappa shape index (κ3) is 2.42. The van der Waals surface area contributed by atoms with Crippen LogP contribution < -0.4 is 17.2 Å². The minimum atomic E-state index is -0.814. The molecule has 8 heteroatoms. The fourth-order valence-corrected chi connectivity index (χ4v) is 1.16. The monoisotopic (exact) mass is 212 g/mol. The molecule has 0 aromatic heterocycles. The van der Waals surface area contributed by atoms with Crippen molar-refractivity contribution >= 4 is 23.7 Å². The van der Waals surface area contributed by atoms with E-state index in [-0.39, 0.29) is 24.2 Å². The van der Waals surface area contributed by atoms with E-state index in [2.05, 4.69) is 9.98 Å². The number of carbonyl (C=O) groups excluding carboxylic acids is 2. The van der Waals surface area contributed by atoms with Crippen LogP contribution >= 0.6 is 0 Å². The molecule has 1 saturated heterocycles. The van der Waals surface area contributed by atoms with E-state index < -0.39 is 11.9 Å². The van der Waals surface area contributed by atoms with E-state index in [0.717, 1.165) is 4.90 Å². The topological polar surface area (TPSA) is 140 Å². The van der Waals surface area contributed by atoms with Crippen molar-refractivity contribution in [3.63, 3.8) is 0 Å². The van der Waals surface area contributed by atoms with Crippen molar-refractivity contribution in [2.24, 2.45) is 27.2 Å². The lowest BCUT2D eigenvalue weighted by molar-refractivity contribution is -0.136. The number of guanidine groups is 2. The molecule has 2 amide bonds. The molecule has 0 spiro atoms. The molecule has 0 aromatic rings. The van der Waals surface area contributed by atoms with E-state index in [1.54, 1.807) is 0 Å². The maximum Gasteiger partial charge on any atom is 0.254 e. The summed E-state index contributed by atoms with van der Waals surface area (Å²) in [6.07, 6.45) is -0.00394.